The van der Waals surface area contributed by atoms with Crippen LogP contribution >= 0.6 is 46.3 Å². The first-order valence-corrected chi connectivity index (χ1v) is 16.6. The number of anilines is 2. The zero-order valence-corrected chi connectivity index (χ0v) is 27.9. The Morgan fingerprint density at radius 1 is 0.826 bits per heavy atom. The maximum absolute atomic E-state index is 13.4. The van der Waals surface area contributed by atoms with Crippen LogP contribution < -0.4 is 16.0 Å². The summed E-state index contributed by atoms with van der Waals surface area (Å²) in [7, 11) is 0. The first kappa shape index (κ1) is 33.0. The number of aromatic nitrogens is 1. The van der Waals surface area contributed by atoms with Crippen LogP contribution in [0.5, 0.6) is 0 Å². The van der Waals surface area contributed by atoms with E-state index in [9.17, 15) is 14.4 Å². The van der Waals surface area contributed by atoms with Gasteiger partial charge in [-0.2, -0.15) is 0 Å². The molecule has 0 aliphatic rings. The van der Waals surface area contributed by atoms with Crippen LogP contribution in [-0.2, 0) is 9.59 Å². The van der Waals surface area contributed by atoms with Crippen molar-refractivity contribution in [1.29, 1.82) is 0 Å². The molecular formula is C35H28Cl2N4O3S2. The third-order valence-corrected chi connectivity index (χ3v) is 9.34. The summed E-state index contributed by atoms with van der Waals surface area (Å²) in [6, 6.07) is 30.4. The second kappa shape index (κ2) is 15.2. The molecule has 0 aliphatic heterocycles. The molecule has 5 aromatic rings. The second-order valence-corrected chi connectivity index (χ2v) is 13.5. The zero-order valence-electron chi connectivity index (χ0n) is 24.7. The van der Waals surface area contributed by atoms with Gasteiger partial charge in [0.2, 0.25) is 5.91 Å². The van der Waals surface area contributed by atoms with Crippen LogP contribution in [0.4, 0.5) is 10.8 Å². The van der Waals surface area contributed by atoms with Gasteiger partial charge in [-0.1, -0.05) is 77.8 Å². The summed E-state index contributed by atoms with van der Waals surface area (Å²) < 4.78 is 0. The highest BCUT2D eigenvalue weighted by atomic mass is 35.5. The minimum absolute atomic E-state index is 0.0413. The number of hydrogen-bond donors (Lipinski definition) is 3. The molecule has 11 heteroatoms. The van der Waals surface area contributed by atoms with Gasteiger partial charge in [-0.3, -0.25) is 14.4 Å². The fourth-order valence-corrected chi connectivity index (χ4v) is 6.54. The highest BCUT2D eigenvalue weighted by Gasteiger charge is 2.19. The molecule has 1 atom stereocenters. The maximum Gasteiger partial charge on any atom is 0.272 e. The molecule has 46 heavy (non-hydrogen) atoms. The highest BCUT2D eigenvalue weighted by molar-refractivity contribution is 8.00. The number of nitrogens with one attached hydrogen (secondary N) is 3. The molecule has 1 aromatic heterocycles. The number of thiazole rings is 1. The van der Waals surface area contributed by atoms with Crippen molar-refractivity contribution in [3.63, 3.8) is 0 Å². The lowest BCUT2D eigenvalue weighted by Crippen LogP contribution is -2.30. The van der Waals surface area contributed by atoms with Gasteiger partial charge in [-0.25, -0.2) is 4.98 Å². The molecule has 0 fully saturated rings. The summed E-state index contributed by atoms with van der Waals surface area (Å²) in [5, 5.41) is 9.21. The van der Waals surface area contributed by atoms with Crippen molar-refractivity contribution in [2.75, 3.05) is 10.6 Å². The van der Waals surface area contributed by atoms with Gasteiger partial charge in [0.25, 0.3) is 11.8 Å². The molecule has 4 aromatic carbocycles. The van der Waals surface area contributed by atoms with E-state index in [0.29, 0.717) is 32.0 Å². The summed E-state index contributed by atoms with van der Waals surface area (Å²) in [6.07, 6.45) is 1.44. The average Bonchev–Trinajstić information content (AvgIpc) is 3.43. The lowest BCUT2D eigenvalue weighted by Gasteiger charge is -2.13. The van der Waals surface area contributed by atoms with Crippen molar-refractivity contribution >= 4 is 80.9 Å². The third kappa shape index (κ3) is 8.44. The first-order valence-electron chi connectivity index (χ1n) is 14.1. The maximum atomic E-state index is 13.4. The SMILES string of the molecule is Cc1sc(NC(=O)C(C)Sc2ccc(NC(=O)/C(=C/c3c(Cl)cccc3Cl)NC(=O)c3ccccc3)cc2)nc1-c1ccccc1. The van der Waals surface area contributed by atoms with E-state index >= 15 is 0 Å². The van der Waals surface area contributed by atoms with Gasteiger partial charge in [0.05, 0.1) is 10.9 Å². The molecule has 232 valence electrons. The number of amides is 3. The third-order valence-electron chi connectivity index (χ3n) is 6.69. The number of rotatable bonds is 10. The summed E-state index contributed by atoms with van der Waals surface area (Å²) >= 11 is 15.5. The van der Waals surface area contributed by atoms with Crippen LogP contribution in [0.2, 0.25) is 10.0 Å². The van der Waals surface area contributed by atoms with Gasteiger partial charge in [0, 0.05) is 42.2 Å². The Balaban J connectivity index is 1.24. The smallest absolute Gasteiger partial charge is 0.272 e. The minimum atomic E-state index is -0.568. The average molecular weight is 688 g/mol. The molecular weight excluding hydrogens is 659 g/mol. The van der Waals surface area contributed by atoms with Gasteiger partial charge in [0.15, 0.2) is 5.13 Å². The van der Waals surface area contributed by atoms with Crippen LogP contribution in [0.25, 0.3) is 17.3 Å². The summed E-state index contributed by atoms with van der Waals surface area (Å²) in [6.45, 7) is 3.80. The van der Waals surface area contributed by atoms with E-state index in [2.05, 4.69) is 20.9 Å². The van der Waals surface area contributed by atoms with E-state index in [0.717, 1.165) is 21.0 Å². The van der Waals surface area contributed by atoms with Crippen molar-refractivity contribution in [2.45, 2.75) is 24.0 Å². The van der Waals surface area contributed by atoms with Crippen LogP contribution in [0.15, 0.2) is 114 Å². The summed E-state index contributed by atoms with van der Waals surface area (Å²) in [4.78, 5) is 45.8. The second-order valence-electron chi connectivity index (χ2n) is 10.0. The Kier molecular flexibility index (Phi) is 10.9. The van der Waals surface area contributed by atoms with Gasteiger partial charge < -0.3 is 16.0 Å². The minimum Gasteiger partial charge on any atom is -0.321 e. The Morgan fingerprint density at radius 2 is 1.46 bits per heavy atom. The molecule has 0 aliphatic carbocycles. The molecule has 0 spiro atoms. The van der Waals surface area contributed by atoms with E-state index in [1.807, 2.05) is 56.3 Å². The molecule has 0 saturated carbocycles. The van der Waals surface area contributed by atoms with E-state index in [1.54, 1.807) is 60.7 Å². The number of carbonyl (C=O) groups excluding carboxylic acids is 3. The van der Waals surface area contributed by atoms with Crippen LogP contribution in [0, 0.1) is 6.92 Å². The fraction of sp³-hybridized carbons (Fsp3) is 0.0857. The lowest BCUT2D eigenvalue weighted by molar-refractivity contribution is -0.115. The summed E-state index contributed by atoms with van der Waals surface area (Å²) in [5.74, 6) is -1.20. The van der Waals surface area contributed by atoms with E-state index in [1.165, 1.54) is 29.2 Å². The number of hydrogen-bond acceptors (Lipinski definition) is 6. The van der Waals surface area contributed by atoms with Crippen LogP contribution in [-0.4, -0.2) is 28.0 Å². The monoisotopic (exact) mass is 686 g/mol. The highest BCUT2D eigenvalue weighted by Crippen LogP contribution is 2.32. The van der Waals surface area contributed by atoms with Crippen molar-refractivity contribution in [3.05, 3.63) is 135 Å². The molecule has 1 heterocycles. The summed E-state index contributed by atoms with van der Waals surface area (Å²) in [5.41, 5.74) is 3.08. The van der Waals surface area contributed by atoms with Gasteiger partial charge in [0.1, 0.15) is 5.70 Å². The first-order chi connectivity index (χ1) is 22.2. The Morgan fingerprint density at radius 3 is 2.11 bits per heavy atom. The van der Waals surface area contributed by atoms with Crippen LogP contribution in [0.3, 0.4) is 0 Å². The van der Waals surface area contributed by atoms with Crippen molar-refractivity contribution in [2.24, 2.45) is 0 Å². The Hall–Kier alpha value is -4.41. The topological polar surface area (TPSA) is 100 Å². The van der Waals surface area contributed by atoms with Gasteiger partial charge in [-0.15, -0.1) is 23.1 Å². The van der Waals surface area contributed by atoms with Crippen molar-refractivity contribution in [1.82, 2.24) is 10.3 Å². The molecule has 7 nitrogen and oxygen atoms in total. The molecule has 0 radical (unpaired) electrons. The Labute approximate surface area is 285 Å². The molecule has 3 amide bonds. The number of carbonyl (C=O) groups is 3. The van der Waals surface area contributed by atoms with E-state index < -0.39 is 17.1 Å². The predicted molar refractivity (Wildman–Crippen MR) is 190 cm³/mol. The number of thioether (sulfide) groups is 1. The predicted octanol–water partition coefficient (Wildman–Crippen LogP) is 8.95. The molecule has 5 rings (SSSR count). The largest absolute Gasteiger partial charge is 0.321 e. The van der Waals surface area contributed by atoms with Gasteiger partial charge >= 0.3 is 0 Å². The van der Waals surface area contributed by atoms with Crippen LogP contribution in [0.1, 0.15) is 27.7 Å². The van der Waals surface area contributed by atoms with E-state index in [-0.39, 0.29) is 11.6 Å². The number of aryl methyl sites for hydroxylation is 1. The zero-order chi connectivity index (χ0) is 32.6. The van der Waals surface area contributed by atoms with Crippen molar-refractivity contribution in [3.8, 4) is 11.3 Å². The number of nitrogens with zero attached hydrogens (tertiary/aromatic N) is 1. The molecule has 3 N–H and O–H groups in total. The normalized spacial score (nSPS) is 11.9. The molecule has 0 bridgehead atoms. The lowest BCUT2D eigenvalue weighted by atomic mass is 10.1. The number of halogens is 2. The number of benzene rings is 4. The van der Waals surface area contributed by atoms with Crippen molar-refractivity contribution < 1.29 is 14.4 Å². The Bertz CT molecular complexity index is 1880. The molecule has 1 unspecified atom stereocenters. The fourth-order valence-electron chi connectivity index (χ4n) is 4.33. The standard InChI is InChI=1S/C35H28Cl2N4O3S2/c1-21-31(23-10-5-3-6-11-23)40-35(46-21)41-32(42)22(2)45-26-18-16-25(17-19-26)38-34(44)30(20-27-28(36)14-9-15-29(27)37)39-33(43)24-12-7-4-8-13-24/h3-20,22H,1-2H3,(H,38,44)(H,39,43)(H,40,41,42)/b30-20-. The quantitative estimate of drug-likeness (QED) is 0.101. The van der Waals surface area contributed by atoms with Gasteiger partial charge in [-0.05, 0) is 68.5 Å². The molecule has 0 saturated heterocycles. The van der Waals surface area contributed by atoms with E-state index in [4.69, 9.17) is 23.2 Å².